The summed E-state index contributed by atoms with van der Waals surface area (Å²) < 4.78 is 20.1. The van der Waals surface area contributed by atoms with Gasteiger partial charge in [0.25, 0.3) is 0 Å². The van der Waals surface area contributed by atoms with E-state index in [-0.39, 0.29) is 11.9 Å². The van der Waals surface area contributed by atoms with Gasteiger partial charge in [0.2, 0.25) is 0 Å². The van der Waals surface area contributed by atoms with E-state index in [9.17, 15) is 9.18 Å². The van der Waals surface area contributed by atoms with Gasteiger partial charge in [-0.25, -0.2) is 9.18 Å². The van der Waals surface area contributed by atoms with Gasteiger partial charge in [-0.05, 0) is 76.1 Å². The number of hydrogen-bond acceptors (Lipinski definition) is 3. The number of nitrogens with one attached hydrogen (secondary N) is 1. The van der Waals surface area contributed by atoms with Crippen LogP contribution in [0.1, 0.15) is 56.6 Å². The van der Waals surface area contributed by atoms with Crippen LogP contribution in [0.3, 0.4) is 0 Å². The molecule has 136 valence electrons. The van der Waals surface area contributed by atoms with Gasteiger partial charge in [-0.1, -0.05) is 12.1 Å². The van der Waals surface area contributed by atoms with E-state index in [0.29, 0.717) is 17.4 Å². The molecule has 4 nitrogen and oxygen atoms in total. The van der Waals surface area contributed by atoms with Crippen molar-refractivity contribution in [3.05, 3.63) is 35.1 Å². The second-order valence-electron chi connectivity index (χ2n) is 8.35. The van der Waals surface area contributed by atoms with Crippen LogP contribution in [-0.4, -0.2) is 36.7 Å². The van der Waals surface area contributed by atoms with Crippen molar-refractivity contribution in [3.63, 3.8) is 0 Å². The van der Waals surface area contributed by atoms with E-state index in [2.05, 4.69) is 10.2 Å². The van der Waals surface area contributed by atoms with Crippen LogP contribution in [0.4, 0.5) is 9.18 Å². The number of carbonyl (C=O) groups is 1. The maximum absolute atomic E-state index is 14.4. The molecular weight excluding hydrogens is 319 g/mol. The number of alkyl carbamates (subject to hydrolysis) is 1. The van der Waals surface area contributed by atoms with Gasteiger partial charge in [-0.15, -0.1) is 0 Å². The lowest BCUT2D eigenvalue weighted by molar-refractivity contribution is -0.0350. The predicted molar refractivity (Wildman–Crippen MR) is 94.0 cm³/mol. The van der Waals surface area contributed by atoms with Gasteiger partial charge in [0.1, 0.15) is 11.9 Å². The zero-order chi connectivity index (χ0) is 17.6. The number of rotatable bonds is 4. The molecule has 1 saturated carbocycles. The molecule has 1 N–H and O–H groups in total. The number of nitrogens with zero attached hydrogens (tertiary/aromatic N) is 1. The van der Waals surface area contributed by atoms with Gasteiger partial charge in [-0.3, -0.25) is 4.90 Å². The van der Waals surface area contributed by atoms with E-state index in [1.807, 2.05) is 26.0 Å². The predicted octanol–water partition coefficient (Wildman–Crippen LogP) is 3.76. The molecule has 3 saturated heterocycles. The molecule has 4 aliphatic rings. The third-order valence-corrected chi connectivity index (χ3v) is 5.98. The van der Waals surface area contributed by atoms with Crippen molar-refractivity contribution in [1.82, 2.24) is 10.2 Å². The van der Waals surface area contributed by atoms with Gasteiger partial charge < -0.3 is 10.1 Å². The highest BCUT2D eigenvalue weighted by atomic mass is 19.1. The highest BCUT2D eigenvalue weighted by molar-refractivity contribution is 5.69. The first-order valence-electron chi connectivity index (χ1n) is 9.43. The molecule has 1 atom stereocenters. The molecule has 25 heavy (non-hydrogen) atoms. The molecule has 1 unspecified atom stereocenters. The van der Waals surface area contributed by atoms with E-state index >= 15 is 0 Å². The average molecular weight is 346 g/mol. The Morgan fingerprint density at radius 3 is 2.56 bits per heavy atom. The first-order chi connectivity index (χ1) is 11.9. The van der Waals surface area contributed by atoms with E-state index < -0.39 is 11.6 Å². The lowest BCUT2D eigenvalue weighted by Crippen LogP contribution is -2.53. The Labute approximate surface area is 148 Å². The van der Waals surface area contributed by atoms with Gasteiger partial charge in [-0.2, -0.15) is 0 Å². The van der Waals surface area contributed by atoms with E-state index in [1.165, 1.54) is 18.9 Å². The first-order valence-corrected chi connectivity index (χ1v) is 9.43. The SMILES string of the molecule is CC(C)(NC(=O)OC1CN2CCC1CC2)c1cc(C2CC2)ccc1F. The third-order valence-electron chi connectivity index (χ3n) is 5.98. The molecule has 3 heterocycles. The van der Waals surface area contributed by atoms with E-state index in [0.717, 1.165) is 38.0 Å². The Morgan fingerprint density at radius 1 is 1.24 bits per heavy atom. The zero-order valence-electron chi connectivity index (χ0n) is 15.1. The molecule has 1 aromatic carbocycles. The van der Waals surface area contributed by atoms with Crippen LogP contribution < -0.4 is 5.32 Å². The monoisotopic (exact) mass is 346 g/mol. The second-order valence-corrected chi connectivity index (χ2v) is 8.35. The summed E-state index contributed by atoms with van der Waals surface area (Å²) in [5.74, 6) is 0.736. The van der Waals surface area contributed by atoms with Crippen molar-refractivity contribution < 1.29 is 13.9 Å². The van der Waals surface area contributed by atoms with Crippen molar-refractivity contribution in [1.29, 1.82) is 0 Å². The minimum absolute atomic E-state index is 0.0408. The number of halogens is 1. The molecule has 5 rings (SSSR count). The topological polar surface area (TPSA) is 41.6 Å². The van der Waals surface area contributed by atoms with Crippen LogP contribution in [0, 0.1) is 11.7 Å². The lowest BCUT2D eigenvalue weighted by atomic mass is 9.86. The molecular formula is C20H27FN2O2. The number of fused-ring (bicyclic) bond motifs is 3. The number of benzene rings is 1. The number of hydrogen-bond donors (Lipinski definition) is 1. The standard InChI is InChI=1S/C20H27FN2O2/c1-20(2,16-11-15(13-3-4-13)5-6-17(16)21)22-19(24)25-18-12-23-9-7-14(18)8-10-23/h5-6,11,13-14,18H,3-4,7-10,12H2,1-2H3,(H,22,24). The average Bonchev–Trinajstić information content (AvgIpc) is 3.40. The molecule has 3 aliphatic heterocycles. The first kappa shape index (κ1) is 16.8. The number of amides is 1. The number of carbonyl (C=O) groups excluding carboxylic acids is 1. The van der Waals surface area contributed by atoms with Crippen LogP contribution in [0.5, 0.6) is 0 Å². The fourth-order valence-electron chi connectivity index (χ4n) is 4.23. The highest BCUT2D eigenvalue weighted by Gasteiger charge is 2.37. The largest absolute Gasteiger partial charge is 0.445 e. The molecule has 2 bridgehead atoms. The fraction of sp³-hybridized carbons (Fsp3) is 0.650. The number of piperidine rings is 3. The summed E-state index contributed by atoms with van der Waals surface area (Å²) in [6.07, 6.45) is 4.04. The summed E-state index contributed by atoms with van der Waals surface area (Å²) in [5.41, 5.74) is 0.889. The van der Waals surface area contributed by atoms with E-state index in [1.54, 1.807) is 0 Å². The second kappa shape index (κ2) is 6.27. The minimum atomic E-state index is -0.806. The molecule has 4 fully saturated rings. The summed E-state index contributed by atoms with van der Waals surface area (Å²) in [6, 6.07) is 5.28. The lowest BCUT2D eigenvalue weighted by Gasteiger charge is -2.44. The fourth-order valence-corrected chi connectivity index (χ4v) is 4.23. The van der Waals surface area contributed by atoms with Crippen molar-refractivity contribution in [3.8, 4) is 0 Å². The summed E-state index contributed by atoms with van der Waals surface area (Å²) in [4.78, 5) is 14.8. The molecule has 0 spiro atoms. The Hall–Kier alpha value is -1.62. The van der Waals surface area contributed by atoms with Crippen LogP contribution in [0.2, 0.25) is 0 Å². The summed E-state index contributed by atoms with van der Waals surface area (Å²) >= 11 is 0. The molecule has 1 aromatic rings. The molecule has 1 amide bonds. The summed E-state index contributed by atoms with van der Waals surface area (Å²) in [7, 11) is 0. The molecule has 5 heteroatoms. The normalized spacial score (nSPS) is 28.7. The molecule has 0 radical (unpaired) electrons. The zero-order valence-corrected chi connectivity index (χ0v) is 15.1. The molecule has 0 aromatic heterocycles. The Bertz CT molecular complexity index is 664. The van der Waals surface area contributed by atoms with Crippen LogP contribution in [-0.2, 0) is 10.3 Å². The Balaban J connectivity index is 1.43. The summed E-state index contributed by atoms with van der Waals surface area (Å²) in [5, 5.41) is 2.89. The van der Waals surface area contributed by atoms with Gasteiger partial charge in [0.15, 0.2) is 0 Å². The van der Waals surface area contributed by atoms with Gasteiger partial charge >= 0.3 is 6.09 Å². The van der Waals surface area contributed by atoms with Crippen molar-refractivity contribution in [2.24, 2.45) is 5.92 Å². The van der Waals surface area contributed by atoms with Gasteiger partial charge in [0.05, 0.1) is 5.54 Å². The van der Waals surface area contributed by atoms with Gasteiger partial charge in [0, 0.05) is 12.1 Å². The Morgan fingerprint density at radius 2 is 1.96 bits per heavy atom. The number of ether oxygens (including phenoxy) is 1. The highest BCUT2D eigenvalue weighted by Crippen LogP contribution is 2.41. The quantitative estimate of drug-likeness (QED) is 0.903. The smallest absolute Gasteiger partial charge is 0.408 e. The third kappa shape index (κ3) is 3.52. The van der Waals surface area contributed by atoms with Crippen molar-refractivity contribution in [2.45, 2.75) is 57.1 Å². The maximum atomic E-state index is 14.4. The summed E-state index contributed by atoms with van der Waals surface area (Å²) in [6.45, 7) is 6.71. The van der Waals surface area contributed by atoms with Crippen LogP contribution in [0.25, 0.3) is 0 Å². The van der Waals surface area contributed by atoms with Crippen LogP contribution in [0.15, 0.2) is 18.2 Å². The van der Waals surface area contributed by atoms with Crippen molar-refractivity contribution >= 4 is 6.09 Å². The Kier molecular flexibility index (Phi) is 4.22. The maximum Gasteiger partial charge on any atom is 0.408 e. The minimum Gasteiger partial charge on any atom is -0.445 e. The molecule has 1 aliphatic carbocycles. The van der Waals surface area contributed by atoms with Crippen molar-refractivity contribution in [2.75, 3.05) is 19.6 Å². The van der Waals surface area contributed by atoms with E-state index in [4.69, 9.17) is 4.74 Å². The van der Waals surface area contributed by atoms with Crippen LogP contribution >= 0.6 is 0 Å².